The van der Waals surface area contributed by atoms with Gasteiger partial charge in [-0.2, -0.15) is 0 Å². The number of hydrogen-bond donors (Lipinski definition) is 1. The van der Waals surface area contributed by atoms with Gasteiger partial charge in [-0.1, -0.05) is 48.6 Å². The van der Waals surface area contributed by atoms with Gasteiger partial charge in [0.05, 0.1) is 0 Å². The molecule has 0 saturated carbocycles. The first-order valence-electron chi connectivity index (χ1n) is 7.00. The summed E-state index contributed by atoms with van der Waals surface area (Å²) in [6, 6.07) is 9.93. The number of ether oxygens (including phenoxy) is 2. The largest absolute Gasteiger partial charge is 0.368 e. The van der Waals surface area contributed by atoms with Crippen molar-refractivity contribution in [2.45, 2.75) is 24.7 Å². The number of benzene rings is 1. The maximum atomic E-state index is 10.8. The SMILES string of the molecule is CC=CC1=CC(Cc2ccccc2)(OC)C(O)(OC)C=C1. The molecule has 2 atom stereocenters. The molecule has 3 heteroatoms. The normalized spacial score (nSPS) is 28.9. The molecule has 1 N–H and O–H groups in total. The van der Waals surface area contributed by atoms with Crippen molar-refractivity contribution in [1.82, 2.24) is 0 Å². The minimum atomic E-state index is -1.50. The van der Waals surface area contributed by atoms with Crippen LogP contribution in [0.1, 0.15) is 12.5 Å². The Kier molecular flexibility index (Phi) is 4.78. The van der Waals surface area contributed by atoms with Crippen LogP contribution in [-0.4, -0.2) is 30.7 Å². The summed E-state index contributed by atoms with van der Waals surface area (Å²) in [5.74, 6) is -1.50. The van der Waals surface area contributed by atoms with Gasteiger partial charge < -0.3 is 14.6 Å². The van der Waals surface area contributed by atoms with Crippen molar-refractivity contribution in [3.63, 3.8) is 0 Å². The lowest BCUT2D eigenvalue weighted by atomic mass is 9.80. The first kappa shape index (κ1) is 15.7. The van der Waals surface area contributed by atoms with Gasteiger partial charge in [0.25, 0.3) is 0 Å². The van der Waals surface area contributed by atoms with E-state index in [0.717, 1.165) is 11.1 Å². The van der Waals surface area contributed by atoms with Gasteiger partial charge in [-0.05, 0) is 30.2 Å². The van der Waals surface area contributed by atoms with Crippen LogP contribution in [0.2, 0.25) is 0 Å². The van der Waals surface area contributed by atoms with Crippen LogP contribution in [0.15, 0.2) is 66.3 Å². The van der Waals surface area contributed by atoms with Gasteiger partial charge in [-0.3, -0.25) is 0 Å². The lowest BCUT2D eigenvalue weighted by Crippen LogP contribution is -2.57. The first-order valence-corrected chi connectivity index (χ1v) is 7.00. The Bertz CT molecular complexity index is 559. The zero-order chi connectivity index (χ0) is 15.3. The Morgan fingerprint density at radius 3 is 2.43 bits per heavy atom. The van der Waals surface area contributed by atoms with E-state index < -0.39 is 11.4 Å². The topological polar surface area (TPSA) is 38.7 Å². The molecule has 0 radical (unpaired) electrons. The van der Waals surface area contributed by atoms with Crippen molar-refractivity contribution in [3.05, 3.63) is 71.8 Å². The molecule has 0 heterocycles. The molecule has 1 aromatic carbocycles. The van der Waals surface area contributed by atoms with Crippen molar-refractivity contribution in [2.75, 3.05) is 14.2 Å². The Morgan fingerprint density at radius 1 is 1.14 bits per heavy atom. The van der Waals surface area contributed by atoms with Crippen LogP contribution in [0.4, 0.5) is 0 Å². The summed E-state index contributed by atoms with van der Waals surface area (Å²) in [5.41, 5.74) is 1.09. The van der Waals surface area contributed by atoms with Crippen LogP contribution in [0, 0.1) is 0 Å². The maximum absolute atomic E-state index is 10.8. The van der Waals surface area contributed by atoms with E-state index >= 15 is 0 Å². The van der Waals surface area contributed by atoms with E-state index in [-0.39, 0.29) is 0 Å². The standard InChI is InChI=1S/C18H22O3/c1-4-8-15-11-12-18(19,21-3)17(13-15,20-2)14-16-9-6-5-7-10-16/h4-13,19H,14H2,1-3H3. The summed E-state index contributed by atoms with van der Waals surface area (Å²) in [6.07, 6.45) is 9.85. The fraction of sp³-hybridized carbons (Fsp3) is 0.333. The summed E-state index contributed by atoms with van der Waals surface area (Å²) < 4.78 is 11.1. The maximum Gasteiger partial charge on any atom is 0.219 e. The molecular formula is C18H22O3. The highest BCUT2D eigenvalue weighted by Gasteiger charge is 2.50. The highest BCUT2D eigenvalue weighted by atomic mass is 16.6. The van der Waals surface area contributed by atoms with Crippen molar-refractivity contribution in [1.29, 1.82) is 0 Å². The predicted molar refractivity (Wildman–Crippen MR) is 83.9 cm³/mol. The fourth-order valence-corrected chi connectivity index (χ4v) is 2.66. The second-order valence-corrected chi connectivity index (χ2v) is 5.13. The molecule has 0 aliphatic heterocycles. The van der Waals surface area contributed by atoms with Gasteiger partial charge in [-0.25, -0.2) is 0 Å². The zero-order valence-corrected chi connectivity index (χ0v) is 12.7. The quantitative estimate of drug-likeness (QED) is 0.846. The molecule has 2 rings (SSSR count). The molecular weight excluding hydrogens is 264 g/mol. The molecule has 21 heavy (non-hydrogen) atoms. The van der Waals surface area contributed by atoms with Crippen LogP contribution in [0.5, 0.6) is 0 Å². The number of rotatable bonds is 5. The Morgan fingerprint density at radius 2 is 1.86 bits per heavy atom. The van der Waals surface area contributed by atoms with Crippen LogP contribution in [0.25, 0.3) is 0 Å². The minimum absolute atomic E-state index is 0.514. The Labute approximate surface area is 126 Å². The minimum Gasteiger partial charge on any atom is -0.368 e. The van der Waals surface area contributed by atoms with E-state index in [2.05, 4.69) is 0 Å². The average molecular weight is 286 g/mol. The van der Waals surface area contributed by atoms with Crippen molar-refractivity contribution in [3.8, 4) is 0 Å². The van der Waals surface area contributed by atoms with Gasteiger partial charge in [0, 0.05) is 20.6 Å². The summed E-state index contributed by atoms with van der Waals surface area (Å²) in [6.45, 7) is 1.96. The van der Waals surface area contributed by atoms with E-state index in [9.17, 15) is 5.11 Å². The van der Waals surface area contributed by atoms with Crippen molar-refractivity contribution >= 4 is 0 Å². The smallest absolute Gasteiger partial charge is 0.219 e. The predicted octanol–water partition coefficient (Wildman–Crippen LogP) is 3.02. The molecule has 1 aliphatic carbocycles. The van der Waals surface area contributed by atoms with Crippen LogP contribution >= 0.6 is 0 Å². The van der Waals surface area contributed by atoms with Gasteiger partial charge in [0.1, 0.15) is 5.60 Å². The Balaban J connectivity index is 2.46. The molecule has 0 bridgehead atoms. The van der Waals surface area contributed by atoms with Crippen LogP contribution in [0.3, 0.4) is 0 Å². The number of methoxy groups -OCH3 is 2. The zero-order valence-electron chi connectivity index (χ0n) is 12.7. The monoisotopic (exact) mass is 286 g/mol. The van der Waals surface area contributed by atoms with Gasteiger partial charge in [-0.15, -0.1) is 0 Å². The molecule has 1 aromatic rings. The molecule has 1 aliphatic rings. The van der Waals surface area contributed by atoms with Crippen LogP contribution in [-0.2, 0) is 15.9 Å². The van der Waals surface area contributed by atoms with E-state index in [1.807, 2.05) is 61.6 Å². The van der Waals surface area contributed by atoms with Gasteiger partial charge >= 0.3 is 0 Å². The van der Waals surface area contributed by atoms with Crippen molar-refractivity contribution in [2.24, 2.45) is 0 Å². The summed E-state index contributed by atoms with van der Waals surface area (Å²) in [4.78, 5) is 0. The molecule has 0 spiro atoms. The Hall–Kier alpha value is -1.68. The molecule has 112 valence electrons. The fourth-order valence-electron chi connectivity index (χ4n) is 2.66. The summed E-state index contributed by atoms with van der Waals surface area (Å²) in [7, 11) is 3.08. The second-order valence-electron chi connectivity index (χ2n) is 5.13. The lowest BCUT2D eigenvalue weighted by Gasteiger charge is -2.43. The summed E-state index contributed by atoms with van der Waals surface area (Å²) >= 11 is 0. The number of hydrogen-bond acceptors (Lipinski definition) is 3. The molecule has 3 nitrogen and oxygen atoms in total. The summed E-state index contributed by atoms with van der Waals surface area (Å²) in [5, 5.41) is 10.8. The molecule has 0 saturated heterocycles. The van der Waals surface area contributed by atoms with E-state index in [0.29, 0.717) is 6.42 Å². The molecule has 0 amide bonds. The number of allylic oxidation sites excluding steroid dienone is 4. The second kappa shape index (κ2) is 6.39. The highest BCUT2D eigenvalue weighted by Crippen LogP contribution is 2.38. The molecule has 0 aromatic heterocycles. The lowest BCUT2D eigenvalue weighted by molar-refractivity contribution is -0.249. The molecule has 0 fully saturated rings. The van der Waals surface area contributed by atoms with E-state index in [1.165, 1.54) is 7.11 Å². The average Bonchev–Trinajstić information content (AvgIpc) is 2.52. The third-order valence-electron chi connectivity index (χ3n) is 3.85. The van der Waals surface area contributed by atoms with Gasteiger partial charge in [0.15, 0.2) is 0 Å². The van der Waals surface area contributed by atoms with E-state index in [4.69, 9.17) is 9.47 Å². The molecule has 2 unspecified atom stereocenters. The number of aliphatic hydroxyl groups is 1. The third-order valence-corrected chi connectivity index (χ3v) is 3.85. The van der Waals surface area contributed by atoms with Crippen molar-refractivity contribution < 1.29 is 14.6 Å². The van der Waals surface area contributed by atoms with Crippen LogP contribution < -0.4 is 0 Å². The third kappa shape index (κ3) is 3.00. The van der Waals surface area contributed by atoms with Gasteiger partial charge in [0.2, 0.25) is 5.79 Å². The highest BCUT2D eigenvalue weighted by molar-refractivity contribution is 5.42. The van der Waals surface area contributed by atoms with E-state index in [1.54, 1.807) is 13.2 Å². The first-order chi connectivity index (χ1) is 10.1.